The van der Waals surface area contributed by atoms with E-state index in [9.17, 15) is 9.59 Å². The summed E-state index contributed by atoms with van der Waals surface area (Å²) in [5.41, 5.74) is 4.10. The Morgan fingerprint density at radius 2 is 1.41 bits per heavy atom. The highest BCUT2D eigenvalue weighted by Gasteiger charge is 2.33. The van der Waals surface area contributed by atoms with Crippen LogP contribution in [-0.2, 0) is 33.6 Å². The van der Waals surface area contributed by atoms with Gasteiger partial charge in [0.25, 0.3) is 5.91 Å². The molecule has 3 aromatic carbocycles. The van der Waals surface area contributed by atoms with E-state index in [0.717, 1.165) is 22.3 Å². The van der Waals surface area contributed by atoms with Gasteiger partial charge in [0.05, 0.1) is 41.6 Å². The van der Waals surface area contributed by atoms with Gasteiger partial charge in [-0.1, -0.05) is 18.2 Å². The first-order valence-electron chi connectivity index (χ1n) is 13.4. The fraction of sp³-hybridized carbons (Fsp3) is 0.375. The first-order chi connectivity index (χ1) is 19.9. The Morgan fingerprint density at radius 1 is 0.780 bits per heavy atom. The quantitative estimate of drug-likeness (QED) is 0.296. The highest BCUT2D eigenvalue weighted by Crippen LogP contribution is 2.40. The molecule has 1 aliphatic heterocycles. The number of amides is 1. The normalized spacial score (nSPS) is 14.1. The predicted molar refractivity (Wildman–Crippen MR) is 153 cm³/mol. The van der Waals surface area contributed by atoms with Crippen LogP contribution in [-0.4, -0.2) is 65.5 Å². The van der Waals surface area contributed by atoms with E-state index in [4.69, 9.17) is 28.4 Å². The standard InChI is InChI=1S/C32H37NO8/c1-36-27-12-8-22(17-28(27)37-2)16-26-25-19-30(39-4)29(38-3)18-23(25)14-15-33(26)31(34)20-41-24-10-6-21(7-11-24)9-13-32(35)40-5/h6-8,10-12,17-19,26H,9,13-16,20H2,1-5H3. The molecule has 218 valence electrons. The van der Waals surface area contributed by atoms with Crippen molar-refractivity contribution < 1.29 is 38.0 Å². The average molecular weight is 564 g/mol. The van der Waals surface area contributed by atoms with E-state index >= 15 is 0 Å². The zero-order valence-electron chi connectivity index (χ0n) is 24.2. The van der Waals surface area contributed by atoms with Gasteiger partial charge in [-0.25, -0.2) is 0 Å². The molecule has 9 heteroatoms. The van der Waals surface area contributed by atoms with Crippen molar-refractivity contribution in [2.45, 2.75) is 31.7 Å². The second-order valence-corrected chi connectivity index (χ2v) is 9.66. The van der Waals surface area contributed by atoms with Crippen LogP contribution >= 0.6 is 0 Å². The number of aryl methyl sites for hydroxylation is 1. The molecule has 0 aliphatic carbocycles. The van der Waals surface area contributed by atoms with Crippen LogP contribution in [0.3, 0.4) is 0 Å². The van der Waals surface area contributed by atoms with Gasteiger partial charge >= 0.3 is 5.97 Å². The Hall–Kier alpha value is -4.40. The zero-order valence-corrected chi connectivity index (χ0v) is 24.2. The van der Waals surface area contributed by atoms with Crippen LogP contribution in [0.25, 0.3) is 0 Å². The maximum atomic E-state index is 13.6. The molecule has 0 radical (unpaired) electrons. The average Bonchev–Trinajstić information content (AvgIpc) is 3.02. The van der Waals surface area contributed by atoms with Gasteiger partial charge in [0.15, 0.2) is 29.6 Å². The lowest BCUT2D eigenvalue weighted by molar-refractivity contribution is -0.140. The molecule has 1 heterocycles. The molecule has 0 fully saturated rings. The van der Waals surface area contributed by atoms with Crippen LogP contribution in [0.4, 0.5) is 0 Å². The summed E-state index contributed by atoms with van der Waals surface area (Å²) < 4.78 is 32.7. The first-order valence-corrected chi connectivity index (χ1v) is 13.4. The van der Waals surface area contributed by atoms with Crippen molar-refractivity contribution in [1.29, 1.82) is 0 Å². The van der Waals surface area contributed by atoms with E-state index in [0.29, 0.717) is 61.0 Å². The zero-order chi connectivity index (χ0) is 29.4. The molecular formula is C32H37NO8. The lowest BCUT2D eigenvalue weighted by atomic mass is 9.88. The summed E-state index contributed by atoms with van der Waals surface area (Å²) in [5.74, 6) is 2.76. The van der Waals surface area contributed by atoms with Crippen LogP contribution < -0.4 is 23.7 Å². The summed E-state index contributed by atoms with van der Waals surface area (Å²) >= 11 is 0. The molecular weight excluding hydrogens is 526 g/mol. The molecule has 0 N–H and O–H groups in total. The van der Waals surface area contributed by atoms with Crippen LogP contribution in [0.2, 0.25) is 0 Å². The number of nitrogens with zero attached hydrogens (tertiary/aromatic N) is 1. The number of methoxy groups -OCH3 is 5. The van der Waals surface area contributed by atoms with Gasteiger partial charge in [-0.3, -0.25) is 9.59 Å². The molecule has 1 atom stereocenters. The number of hydrogen-bond donors (Lipinski definition) is 0. The lowest BCUT2D eigenvalue weighted by Crippen LogP contribution is -2.43. The summed E-state index contributed by atoms with van der Waals surface area (Å²) in [5, 5.41) is 0. The van der Waals surface area contributed by atoms with E-state index < -0.39 is 0 Å². The Bertz CT molecular complexity index is 1350. The van der Waals surface area contributed by atoms with E-state index in [-0.39, 0.29) is 24.5 Å². The van der Waals surface area contributed by atoms with Gasteiger partial charge < -0.3 is 33.3 Å². The van der Waals surface area contributed by atoms with E-state index in [2.05, 4.69) is 0 Å². The lowest BCUT2D eigenvalue weighted by Gasteiger charge is -2.38. The van der Waals surface area contributed by atoms with Crippen molar-refractivity contribution >= 4 is 11.9 Å². The van der Waals surface area contributed by atoms with E-state index in [1.165, 1.54) is 7.11 Å². The first kappa shape index (κ1) is 29.6. The molecule has 1 aliphatic rings. The van der Waals surface area contributed by atoms with Crippen molar-refractivity contribution in [3.63, 3.8) is 0 Å². The van der Waals surface area contributed by atoms with E-state index in [1.807, 2.05) is 59.5 Å². The third-order valence-electron chi connectivity index (χ3n) is 7.33. The molecule has 0 aromatic heterocycles. The number of esters is 1. The molecule has 0 spiro atoms. The van der Waals surface area contributed by atoms with E-state index in [1.54, 1.807) is 28.4 Å². The maximum absolute atomic E-state index is 13.6. The molecule has 0 bridgehead atoms. The van der Waals surface area contributed by atoms with Crippen molar-refractivity contribution in [1.82, 2.24) is 4.90 Å². The topological polar surface area (TPSA) is 92.8 Å². The fourth-order valence-corrected chi connectivity index (χ4v) is 5.11. The number of carbonyl (C=O) groups excluding carboxylic acids is 2. The molecule has 41 heavy (non-hydrogen) atoms. The molecule has 9 nitrogen and oxygen atoms in total. The summed E-state index contributed by atoms with van der Waals surface area (Å²) in [7, 11) is 7.81. The summed E-state index contributed by atoms with van der Waals surface area (Å²) in [6, 6.07) is 16.9. The van der Waals surface area contributed by atoms with Gasteiger partial charge in [-0.2, -0.15) is 0 Å². The summed E-state index contributed by atoms with van der Waals surface area (Å²) in [4.78, 5) is 26.9. The Morgan fingerprint density at radius 3 is 2.07 bits per heavy atom. The summed E-state index contributed by atoms with van der Waals surface area (Å²) in [6.45, 7) is 0.432. The van der Waals surface area contributed by atoms with Crippen molar-refractivity contribution in [3.05, 3.63) is 76.9 Å². The largest absolute Gasteiger partial charge is 0.493 e. The van der Waals surface area contributed by atoms with Crippen molar-refractivity contribution in [2.24, 2.45) is 0 Å². The predicted octanol–water partition coefficient (Wildman–Crippen LogP) is 4.57. The summed E-state index contributed by atoms with van der Waals surface area (Å²) in [6.07, 6.45) is 2.12. The molecule has 3 aromatic rings. The number of rotatable bonds is 12. The monoisotopic (exact) mass is 563 g/mol. The smallest absolute Gasteiger partial charge is 0.305 e. The van der Waals surface area contributed by atoms with Crippen molar-refractivity contribution in [2.75, 3.05) is 48.7 Å². The molecule has 4 rings (SSSR count). The minimum atomic E-state index is -0.256. The highest BCUT2D eigenvalue weighted by molar-refractivity contribution is 5.79. The molecule has 1 unspecified atom stereocenters. The number of fused-ring (bicyclic) bond motifs is 1. The van der Waals surface area contributed by atoms with Gasteiger partial charge in [-0.05, 0) is 77.9 Å². The second kappa shape index (κ2) is 13.8. The van der Waals surface area contributed by atoms with Crippen LogP contribution in [0.15, 0.2) is 54.6 Å². The third kappa shape index (κ3) is 7.03. The minimum Gasteiger partial charge on any atom is -0.493 e. The number of hydrogen-bond acceptors (Lipinski definition) is 8. The number of benzene rings is 3. The Balaban J connectivity index is 1.55. The Kier molecular flexibility index (Phi) is 9.95. The van der Waals surface area contributed by atoms with Crippen LogP contribution in [0.1, 0.15) is 34.7 Å². The molecule has 0 saturated carbocycles. The van der Waals surface area contributed by atoms with Crippen molar-refractivity contribution in [3.8, 4) is 28.7 Å². The van der Waals surface area contributed by atoms with Crippen LogP contribution in [0, 0.1) is 0 Å². The maximum Gasteiger partial charge on any atom is 0.305 e. The number of carbonyl (C=O) groups is 2. The third-order valence-corrected chi connectivity index (χ3v) is 7.33. The second-order valence-electron chi connectivity index (χ2n) is 9.66. The fourth-order valence-electron chi connectivity index (χ4n) is 5.11. The molecule has 0 saturated heterocycles. The van der Waals surface area contributed by atoms with Gasteiger partial charge in [0, 0.05) is 13.0 Å². The highest BCUT2D eigenvalue weighted by atomic mass is 16.5. The minimum absolute atomic E-state index is 0.105. The molecule has 1 amide bonds. The SMILES string of the molecule is COC(=O)CCc1ccc(OCC(=O)N2CCc3cc(OC)c(OC)cc3C2Cc2ccc(OC)c(OC)c2)cc1. The van der Waals surface area contributed by atoms with Gasteiger partial charge in [-0.15, -0.1) is 0 Å². The van der Waals surface area contributed by atoms with Gasteiger partial charge in [0.2, 0.25) is 0 Å². The van der Waals surface area contributed by atoms with Gasteiger partial charge in [0.1, 0.15) is 5.75 Å². The van der Waals surface area contributed by atoms with Crippen LogP contribution in [0.5, 0.6) is 28.7 Å². The number of ether oxygens (including phenoxy) is 6. The Labute approximate surface area is 240 Å².